The maximum Gasteiger partial charge on any atom is 0.335 e. The standard InChI is InChI=1S/C17H25NO2/c1-2-18(13-15-5-3-4-6-15)12-11-14-7-9-16(10-8-14)17(19)20/h7-10,15H,2-6,11-13H2,1H3,(H,19,20). The van der Waals surface area contributed by atoms with Gasteiger partial charge in [0.25, 0.3) is 0 Å². The molecule has 1 aromatic carbocycles. The van der Waals surface area contributed by atoms with E-state index in [0.717, 1.165) is 25.4 Å². The Kier molecular flexibility index (Phi) is 5.60. The van der Waals surface area contributed by atoms with Gasteiger partial charge in [0.1, 0.15) is 0 Å². The van der Waals surface area contributed by atoms with Crippen molar-refractivity contribution in [3.05, 3.63) is 35.4 Å². The minimum Gasteiger partial charge on any atom is -0.478 e. The number of nitrogens with zero attached hydrogens (tertiary/aromatic N) is 1. The molecule has 1 aliphatic carbocycles. The number of hydrogen-bond acceptors (Lipinski definition) is 2. The average molecular weight is 275 g/mol. The molecule has 2 rings (SSSR count). The van der Waals surface area contributed by atoms with Crippen molar-refractivity contribution in [1.29, 1.82) is 0 Å². The van der Waals surface area contributed by atoms with Crippen LogP contribution in [0.25, 0.3) is 0 Å². The Hall–Kier alpha value is -1.35. The lowest BCUT2D eigenvalue weighted by Crippen LogP contribution is -2.30. The van der Waals surface area contributed by atoms with Crippen LogP contribution in [-0.2, 0) is 6.42 Å². The summed E-state index contributed by atoms with van der Waals surface area (Å²) in [6.07, 6.45) is 6.59. The quantitative estimate of drug-likeness (QED) is 0.828. The van der Waals surface area contributed by atoms with E-state index in [1.54, 1.807) is 12.1 Å². The van der Waals surface area contributed by atoms with Gasteiger partial charge < -0.3 is 10.0 Å². The van der Waals surface area contributed by atoms with Crippen LogP contribution in [0.3, 0.4) is 0 Å². The van der Waals surface area contributed by atoms with Gasteiger partial charge in [-0.15, -0.1) is 0 Å². The van der Waals surface area contributed by atoms with Gasteiger partial charge in [-0.3, -0.25) is 0 Å². The molecule has 0 bridgehead atoms. The number of rotatable bonds is 7. The van der Waals surface area contributed by atoms with Crippen LogP contribution in [0, 0.1) is 5.92 Å². The highest BCUT2D eigenvalue weighted by atomic mass is 16.4. The summed E-state index contributed by atoms with van der Waals surface area (Å²) in [5, 5.41) is 8.88. The number of benzene rings is 1. The summed E-state index contributed by atoms with van der Waals surface area (Å²) in [4.78, 5) is 13.3. The van der Waals surface area contributed by atoms with Gasteiger partial charge in [0.05, 0.1) is 5.56 Å². The van der Waals surface area contributed by atoms with Crippen molar-refractivity contribution in [2.75, 3.05) is 19.6 Å². The third-order valence-electron chi connectivity index (χ3n) is 4.36. The first-order chi connectivity index (χ1) is 9.69. The van der Waals surface area contributed by atoms with E-state index < -0.39 is 5.97 Å². The van der Waals surface area contributed by atoms with Crippen LogP contribution >= 0.6 is 0 Å². The molecule has 1 aromatic rings. The van der Waals surface area contributed by atoms with Crippen molar-refractivity contribution in [3.8, 4) is 0 Å². The van der Waals surface area contributed by atoms with Gasteiger partial charge in [0.15, 0.2) is 0 Å². The Morgan fingerprint density at radius 3 is 2.45 bits per heavy atom. The summed E-state index contributed by atoms with van der Waals surface area (Å²) in [5.41, 5.74) is 1.59. The fraction of sp³-hybridized carbons (Fsp3) is 0.588. The first-order valence-electron chi connectivity index (χ1n) is 7.73. The molecule has 110 valence electrons. The number of carboxylic acid groups (broad SMARTS) is 1. The van der Waals surface area contributed by atoms with Crippen LogP contribution < -0.4 is 0 Å². The highest BCUT2D eigenvalue weighted by Crippen LogP contribution is 2.25. The van der Waals surface area contributed by atoms with Crippen LogP contribution in [0.1, 0.15) is 48.5 Å². The molecule has 1 saturated carbocycles. The molecular weight excluding hydrogens is 250 g/mol. The highest BCUT2D eigenvalue weighted by Gasteiger charge is 2.17. The second-order valence-corrected chi connectivity index (χ2v) is 5.80. The van der Waals surface area contributed by atoms with Crippen molar-refractivity contribution in [2.24, 2.45) is 5.92 Å². The van der Waals surface area contributed by atoms with Crippen LogP contribution in [0.15, 0.2) is 24.3 Å². The minimum absolute atomic E-state index is 0.368. The zero-order valence-corrected chi connectivity index (χ0v) is 12.3. The van der Waals surface area contributed by atoms with Gasteiger partial charge >= 0.3 is 5.97 Å². The molecular formula is C17H25NO2. The molecule has 0 aromatic heterocycles. The molecule has 0 heterocycles. The van der Waals surface area contributed by atoms with Crippen LogP contribution in [-0.4, -0.2) is 35.6 Å². The second-order valence-electron chi connectivity index (χ2n) is 5.80. The van der Waals surface area contributed by atoms with E-state index in [2.05, 4.69) is 11.8 Å². The molecule has 3 nitrogen and oxygen atoms in total. The summed E-state index contributed by atoms with van der Waals surface area (Å²) < 4.78 is 0. The number of carboxylic acids is 1. The van der Waals surface area contributed by atoms with Gasteiger partial charge in [0, 0.05) is 13.1 Å². The molecule has 0 saturated heterocycles. The second kappa shape index (κ2) is 7.44. The number of hydrogen-bond donors (Lipinski definition) is 1. The summed E-state index contributed by atoms with van der Waals surface area (Å²) in [6.45, 7) is 5.62. The zero-order chi connectivity index (χ0) is 14.4. The van der Waals surface area contributed by atoms with Gasteiger partial charge in [-0.2, -0.15) is 0 Å². The Labute approximate surface area is 121 Å². The molecule has 0 radical (unpaired) electrons. The lowest BCUT2D eigenvalue weighted by Gasteiger charge is -2.24. The number of likely N-dealkylation sites (N-methyl/N-ethyl adjacent to an activating group) is 1. The molecule has 0 unspecified atom stereocenters. The lowest BCUT2D eigenvalue weighted by molar-refractivity contribution is 0.0697. The summed E-state index contributed by atoms with van der Waals surface area (Å²) >= 11 is 0. The average Bonchev–Trinajstić information content (AvgIpc) is 2.96. The minimum atomic E-state index is -0.854. The lowest BCUT2D eigenvalue weighted by atomic mass is 10.1. The summed E-state index contributed by atoms with van der Waals surface area (Å²) in [6, 6.07) is 7.27. The van der Waals surface area contributed by atoms with Crippen molar-refractivity contribution < 1.29 is 9.90 Å². The van der Waals surface area contributed by atoms with Crippen LogP contribution in [0.4, 0.5) is 0 Å². The first-order valence-corrected chi connectivity index (χ1v) is 7.73. The smallest absolute Gasteiger partial charge is 0.335 e. The van der Waals surface area contributed by atoms with E-state index in [1.165, 1.54) is 37.8 Å². The maximum absolute atomic E-state index is 10.8. The Morgan fingerprint density at radius 2 is 1.90 bits per heavy atom. The van der Waals surface area contributed by atoms with Gasteiger partial charge in [-0.05, 0) is 49.4 Å². The highest BCUT2D eigenvalue weighted by molar-refractivity contribution is 5.87. The third kappa shape index (κ3) is 4.34. The van der Waals surface area contributed by atoms with Crippen molar-refractivity contribution in [1.82, 2.24) is 4.90 Å². The molecule has 3 heteroatoms. The van der Waals surface area contributed by atoms with Gasteiger partial charge in [0.2, 0.25) is 0 Å². The van der Waals surface area contributed by atoms with Crippen LogP contribution in [0.2, 0.25) is 0 Å². The largest absolute Gasteiger partial charge is 0.478 e. The Balaban J connectivity index is 1.81. The van der Waals surface area contributed by atoms with Crippen molar-refractivity contribution >= 4 is 5.97 Å². The van der Waals surface area contributed by atoms with E-state index in [-0.39, 0.29) is 0 Å². The SMILES string of the molecule is CCN(CCc1ccc(C(=O)O)cc1)CC1CCCC1. The Morgan fingerprint density at radius 1 is 1.25 bits per heavy atom. The molecule has 0 spiro atoms. The molecule has 0 amide bonds. The first kappa shape index (κ1) is 15.0. The van der Waals surface area contributed by atoms with E-state index >= 15 is 0 Å². The van der Waals surface area contributed by atoms with E-state index in [0.29, 0.717) is 5.56 Å². The zero-order valence-electron chi connectivity index (χ0n) is 12.3. The number of carbonyl (C=O) groups is 1. The molecule has 20 heavy (non-hydrogen) atoms. The Bertz CT molecular complexity index is 421. The van der Waals surface area contributed by atoms with Gasteiger partial charge in [-0.25, -0.2) is 4.79 Å². The fourth-order valence-electron chi connectivity index (χ4n) is 3.04. The third-order valence-corrected chi connectivity index (χ3v) is 4.36. The van der Waals surface area contributed by atoms with Gasteiger partial charge in [-0.1, -0.05) is 31.9 Å². The molecule has 1 aliphatic rings. The molecule has 1 N–H and O–H groups in total. The summed E-state index contributed by atoms with van der Waals surface area (Å²) in [7, 11) is 0. The molecule has 0 aliphatic heterocycles. The van der Waals surface area contributed by atoms with Crippen molar-refractivity contribution in [3.63, 3.8) is 0 Å². The van der Waals surface area contributed by atoms with Crippen LogP contribution in [0.5, 0.6) is 0 Å². The predicted octanol–water partition coefficient (Wildman–Crippen LogP) is 3.44. The normalized spacial score (nSPS) is 15.9. The number of aromatic carboxylic acids is 1. The fourth-order valence-corrected chi connectivity index (χ4v) is 3.04. The van der Waals surface area contributed by atoms with E-state index in [4.69, 9.17) is 5.11 Å². The van der Waals surface area contributed by atoms with Crippen molar-refractivity contribution in [2.45, 2.75) is 39.0 Å². The topological polar surface area (TPSA) is 40.5 Å². The maximum atomic E-state index is 10.8. The predicted molar refractivity (Wildman–Crippen MR) is 81.2 cm³/mol. The van der Waals surface area contributed by atoms with E-state index in [1.807, 2.05) is 12.1 Å². The summed E-state index contributed by atoms with van der Waals surface area (Å²) in [5.74, 6) is 0.0392. The molecule has 1 fully saturated rings. The molecule has 0 atom stereocenters. The van der Waals surface area contributed by atoms with E-state index in [9.17, 15) is 4.79 Å². The monoisotopic (exact) mass is 275 g/mol.